The first-order chi connectivity index (χ1) is 12.6. The maximum absolute atomic E-state index is 12.4. The standard InChI is InChI=1S/C20H22N2O4/c1-3-15-4-7-17(8-5-15)22(14(2)23)13-20(24)21-16-6-9-18-19(12-16)26-11-10-25-18/h4-9,12H,3,10-11,13H2,1-2H3,(H,21,24). The van der Waals surface area contributed by atoms with E-state index < -0.39 is 0 Å². The van der Waals surface area contributed by atoms with Crippen LogP contribution in [0.2, 0.25) is 0 Å². The van der Waals surface area contributed by atoms with E-state index in [2.05, 4.69) is 12.2 Å². The summed E-state index contributed by atoms with van der Waals surface area (Å²) in [5.41, 5.74) is 2.48. The van der Waals surface area contributed by atoms with Crippen LogP contribution < -0.4 is 19.7 Å². The largest absolute Gasteiger partial charge is 0.486 e. The molecule has 1 aliphatic rings. The Morgan fingerprint density at radius 1 is 1.04 bits per heavy atom. The summed E-state index contributed by atoms with van der Waals surface area (Å²) in [5.74, 6) is 0.797. The minimum Gasteiger partial charge on any atom is -0.486 e. The van der Waals surface area contributed by atoms with Gasteiger partial charge in [0.2, 0.25) is 11.8 Å². The van der Waals surface area contributed by atoms with Gasteiger partial charge in [-0.25, -0.2) is 0 Å². The summed E-state index contributed by atoms with van der Waals surface area (Å²) in [6.07, 6.45) is 0.922. The van der Waals surface area contributed by atoms with Gasteiger partial charge in [0.15, 0.2) is 11.5 Å². The highest BCUT2D eigenvalue weighted by molar-refractivity contribution is 6.01. The molecule has 136 valence electrons. The Balaban J connectivity index is 1.69. The van der Waals surface area contributed by atoms with Crippen molar-refractivity contribution in [2.75, 3.05) is 30.0 Å². The van der Waals surface area contributed by atoms with Crippen molar-refractivity contribution in [1.29, 1.82) is 0 Å². The Labute approximate surface area is 152 Å². The van der Waals surface area contributed by atoms with Crippen molar-refractivity contribution in [2.24, 2.45) is 0 Å². The average molecular weight is 354 g/mol. The summed E-state index contributed by atoms with van der Waals surface area (Å²) >= 11 is 0. The Morgan fingerprint density at radius 2 is 1.73 bits per heavy atom. The van der Waals surface area contributed by atoms with Crippen LogP contribution in [0.4, 0.5) is 11.4 Å². The van der Waals surface area contributed by atoms with Gasteiger partial charge in [-0.15, -0.1) is 0 Å². The highest BCUT2D eigenvalue weighted by atomic mass is 16.6. The molecular formula is C20H22N2O4. The molecule has 0 bridgehead atoms. The van der Waals surface area contributed by atoms with Crippen molar-refractivity contribution in [2.45, 2.75) is 20.3 Å². The summed E-state index contributed by atoms with van der Waals surface area (Å²) in [7, 11) is 0. The fourth-order valence-electron chi connectivity index (χ4n) is 2.76. The quantitative estimate of drug-likeness (QED) is 0.896. The molecule has 0 fully saturated rings. The number of anilines is 2. The normalized spacial score (nSPS) is 12.4. The van der Waals surface area contributed by atoms with E-state index in [0.29, 0.717) is 36.1 Å². The van der Waals surface area contributed by atoms with Crippen molar-refractivity contribution in [3.63, 3.8) is 0 Å². The number of carbonyl (C=O) groups excluding carboxylic acids is 2. The minimum atomic E-state index is -0.281. The van der Waals surface area contributed by atoms with Crippen LogP contribution in [0.25, 0.3) is 0 Å². The van der Waals surface area contributed by atoms with Crippen molar-refractivity contribution in [3.8, 4) is 11.5 Å². The topological polar surface area (TPSA) is 67.9 Å². The second kappa shape index (κ2) is 7.91. The predicted molar refractivity (Wildman–Crippen MR) is 99.9 cm³/mol. The molecule has 0 aliphatic carbocycles. The number of benzene rings is 2. The summed E-state index contributed by atoms with van der Waals surface area (Å²) in [4.78, 5) is 25.9. The Bertz CT molecular complexity index is 802. The number of aryl methyl sites for hydroxylation is 1. The molecule has 0 saturated heterocycles. The van der Waals surface area contributed by atoms with Gasteiger partial charge in [0.05, 0.1) is 0 Å². The summed E-state index contributed by atoms with van der Waals surface area (Å²) in [5, 5.41) is 2.80. The lowest BCUT2D eigenvalue weighted by Gasteiger charge is -2.22. The molecule has 0 spiro atoms. The van der Waals surface area contributed by atoms with Crippen molar-refractivity contribution >= 4 is 23.2 Å². The first kappa shape index (κ1) is 17.8. The molecule has 1 aliphatic heterocycles. The summed E-state index contributed by atoms with van der Waals surface area (Å²) in [6.45, 7) is 4.46. The smallest absolute Gasteiger partial charge is 0.244 e. The average Bonchev–Trinajstić information content (AvgIpc) is 2.66. The van der Waals surface area contributed by atoms with E-state index in [-0.39, 0.29) is 18.4 Å². The van der Waals surface area contributed by atoms with Crippen molar-refractivity contribution in [1.82, 2.24) is 0 Å². The van der Waals surface area contributed by atoms with Crippen LogP contribution in [0.15, 0.2) is 42.5 Å². The zero-order valence-electron chi connectivity index (χ0n) is 15.0. The van der Waals surface area contributed by atoms with E-state index in [9.17, 15) is 9.59 Å². The monoisotopic (exact) mass is 354 g/mol. The maximum atomic E-state index is 12.4. The number of ether oxygens (including phenoxy) is 2. The molecule has 6 heteroatoms. The highest BCUT2D eigenvalue weighted by Gasteiger charge is 2.17. The Hall–Kier alpha value is -3.02. The maximum Gasteiger partial charge on any atom is 0.244 e. The second-order valence-electron chi connectivity index (χ2n) is 6.03. The van der Waals surface area contributed by atoms with E-state index in [0.717, 1.165) is 6.42 Å². The second-order valence-corrected chi connectivity index (χ2v) is 6.03. The van der Waals surface area contributed by atoms with Crippen LogP contribution >= 0.6 is 0 Å². The van der Waals surface area contributed by atoms with Gasteiger partial charge in [-0.3, -0.25) is 9.59 Å². The Kier molecular flexibility index (Phi) is 5.41. The van der Waals surface area contributed by atoms with E-state index >= 15 is 0 Å². The van der Waals surface area contributed by atoms with Gasteiger partial charge in [0.1, 0.15) is 19.8 Å². The fourth-order valence-corrected chi connectivity index (χ4v) is 2.76. The Morgan fingerprint density at radius 3 is 2.38 bits per heavy atom. The number of nitrogens with zero attached hydrogens (tertiary/aromatic N) is 1. The first-order valence-corrected chi connectivity index (χ1v) is 8.63. The molecule has 2 aromatic rings. The molecule has 0 radical (unpaired) electrons. The molecule has 2 aromatic carbocycles. The van der Waals surface area contributed by atoms with Gasteiger partial charge in [-0.1, -0.05) is 19.1 Å². The molecule has 6 nitrogen and oxygen atoms in total. The third kappa shape index (κ3) is 4.14. The van der Waals surface area contributed by atoms with Crippen LogP contribution in [0, 0.1) is 0 Å². The van der Waals surface area contributed by atoms with Gasteiger partial charge in [0.25, 0.3) is 0 Å². The number of hydrogen-bond donors (Lipinski definition) is 1. The van der Waals surface area contributed by atoms with Crippen LogP contribution in [-0.2, 0) is 16.0 Å². The van der Waals surface area contributed by atoms with Crippen LogP contribution in [0.1, 0.15) is 19.4 Å². The van der Waals surface area contributed by atoms with Crippen molar-refractivity contribution in [3.05, 3.63) is 48.0 Å². The van der Waals surface area contributed by atoms with E-state index in [4.69, 9.17) is 9.47 Å². The number of nitrogens with one attached hydrogen (secondary N) is 1. The molecule has 26 heavy (non-hydrogen) atoms. The number of carbonyl (C=O) groups is 2. The lowest BCUT2D eigenvalue weighted by Crippen LogP contribution is -2.36. The van der Waals surface area contributed by atoms with Gasteiger partial charge in [-0.2, -0.15) is 0 Å². The van der Waals surface area contributed by atoms with Crippen LogP contribution in [0.5, 0.6) is 11.5 Å². The number of hydrogen-bond acceptors (Lipinski definition) is 4. The third-order valence-corrected chi connectivity index (χ3v) is 4.16. The molecule has 1 N–H and O–H groups in total. The van der Waals surface area contributed by atoms with Gasteiger partial charge < -0.3 is 19.7 Å². The van der Waals surface area contributed by atoms with E-state index in [1.165, 1.54) is 17.4 Å². The zero-order valence-corrected chi connectivity index (χ0v) is 15.0. The molecule has 3 rings (SSSR count). The summed E-state index contributed by atoms with van der Waals surface area (Å²) < 4.78 is 11.0. The molecule has 0 unspecified atom stereocenters. The molecule has 0 aromatic heterocycles. The van der Waals surface area contributed by atoms with Gasteiger partial charge in [0, 0.05) is 24.4 Å². The lowest BCUT2D eigenvalue weighted by atomic mass is 10.1. The van der Waals surface area contributed by atoms with Crippen LogP contribution in [0.3, 0.4) is 0 Å². The number of rotatable bonds is 5. The molecule has 0 atom stereocenters. The van der Waals surface area contributed by atoms with Crippen LogP contribution in [-0.4, -0.2) is 31.6 Å². The van der Waals surface area contributed by atoms with Crippen molar-refractivity contribution < 1.29 is 19.1 Å². The van der Waals surface area contributed by atoms with Gasteiger partial charge >= 0.3 is 0 Å². The fraction of sp³-hybridized carbons (Fsp3) is 0.300. The number of amides is 2. The molecule has 2 amide bonds. The lowest BCUT2D eigenvalue weighted by molar-refractivity contribution is -0.120. The summed E-state index contributed by atoms with van der Waals surface area (Å²) in [6, 6.07) is 12.9. The highest BCUT2D eigenvalue weighted by Crippen LogP contribution is 2.32. The van der Waals surface area contributed by atoms with E-state index in [1.807, 2.05) is 24.3 Å². The number of fused-ring (bicyclic) bond motifs is 1. The molecular weight excluding hydrogens is 332 g/mol. The third-order valence-electron chi connectivity index (χ3n) is 4.16. The zero-order chi connectivity index (χ0) is 18.5. The first-order valence-electron chi connectivity index (χ1n) is 8.63. The molecule has 0 saturated carbocycles. The van der Waals surface area contributed by atoms with Gasteiger partial charge in [-0.05, 0) is 36.2 Å². The SMILES string of the molecule is CCc1ccc(N(CC(=O)Nc2ccc3c(c2)OCCO3)C(C)=O)cc1. The molecule has 1 heterocycles. The van der Waals surface area contributed by atoms with E-state index in [1.54, 1.807) is 18.2 Å². The minimum absolute atomic E-state index is 0.0603. The predicted octanol–water partition coefficient (Wildman–Crippen LogP) is 3.01.